The van der Waals surface area contributed by atoms with Crippen molar-refractivity contribution in [1.82, 2.24) is 0 Å². The minimum Gasteiger partial charge on any atom is -0.478 e. The van der Waals surface area contributed by atoms with Gasteiger partial charge in [-0.05, 0) is 26.3 Å². The van der Waals surface area contributed by atoms with E-state index in [0.29, 0.717) is 5.57 Å². The first-order chi connectivity index (χ1) is 11.1. The number of aliphatic carboxylic acids is 1. The minimum absolute atomic E-state index is 0.0334. The summed E-state index contributed by atoms with van der Waals surface area (Å²) < 4.78 is 4.58. The summed E-state index contributed by atoms with van der Waals surface area (Å²) in [4.78, 5) is 20.2. The van der Waals surface area contributed by atoms with E-state index in [-0.39, 0.29) is 12.2 Å². The van der Waals surface area contributed by atoms with Crippen molar-refractivity contribution in [1.29, 1.82) is 0 Å². The Labute approximate surface area is 143 Å². The van der Waals surface area contributed by atoms with E-state index in [2.05, 4.69) is 24.5 Å². The normalized spacial score (nSPS) is 9.83. The van der Waals surface area contributed by atoms with Crippen LogP contribution in [0, 0.1) is 0 Å². The van der Waals surface area contributed by atoms with Crippen LogP contribution < -0.4 is 0 Å². The summed E-state index contributed by atoms with van der Waals surface area (Å²) in [7, 11) is 0. The number of rotatable bonds is 5. The maximum absolute atomic E-state index is 10.6. The van der Waals surface area contributed by atoms with Crippen LogP contribution in [0.3, 0.4) is 0 Å². The van der Waals surface area contributed by atoms with Crippen LogP contribution in [0.2, 0.25) is 0 Å². The number of carboxylic acid groups (broad SMARTS) is 1. The molecule has 5 heteroatoms. The first-order valence-corrected chi connectivity index (χ1v) is 7.18. The van der Waals surface area contributed by atoms with Crippen LogP contribution in [0.4, 0.5) is 0 Å². The monoisotopic (exact) mass is 334 g/mol. The summed E-state index contributed by atoms with van der Waals surface area (Å²) in [5, 5.41) is 16.6. The number of hydrogen-bond donors (Lipinski definition) is 2. The van der Waals surface area contributed by atoms with Crippen LogP contribution in [-0.2, 0) is 14.3 Å². The molecule has 0 spiro atoms. The van der Waals surface area contributed by atoms with E-state index in [1.165, 1.54) is 12.5 Å². The number of aliphatic hydroxyl groups excluding tert-OH is 1. The fraction of sp³-hybridized carbons (Fsp3) is 0.263. The van der Waals surface area contributed by atoms with Crippen molar-refractivity contribution in [2.45, 2.75) is 26.9 Å². The quantitative estimate of drug-likeness (QED) is 0.636. The molecule has 1 rings (SSSR count). The highest BCUT2D eigenvalue weighted by molar-refractivity contribution is 5.86. The highest BCUT2D eigenvalue weighted by Gasteiger charge is 2.03. The molecular weight excluding hydrogens is 308 g/mol. The van der Waals surface area contributed by atoms with Gasteiger partial charge in [-0.3, -0.25) is 0 Å². The molecule has 1 atom stereocenters. The van der Waals surface area contributed by atoms with Gasteiger partial charge in [-0.25, -0.2) is 9.59 Å². The topological polar surface area (TPSA) is 83.8 Å². The molecule has 0 saturated heterocycles. The molecule has 1 unspecified atom stereocenters. The fourth-order valence-corrected chi connectivity index (χ4v) is 0.909. The van der Waals surface area contributed by atoms with Crippen LogP contribution >= 0.6 is 0 Å². The fourth-order valence-electron chi connectivity index (χ4n) is 0.909. The number of carbonyl (C=O) groups excluding carboxylic acids is 1. The molecule has 0 saturated carbocycles. The molecule has 1 aromatic rings. The van der Waals surface area contributed by atoms with Crippen LogP contribution in [0.5, 0.6) is 0 Å². The second-order valence-electron chi connectivity index (χ2n) is 4.93. The molecule has 0 fully saturated rings. The van der Waals surface area contributed by atoms with Gasteiger partial charge in [0.25, 0.3) is 0 Å². The van der Waals surface area contributed by atoms with E-state index < -0.39 is 18.0 Å². The minimum atomic E-state index is -0.935. The van der Waals surface area contributed by atoms with Gasteiger partial charge < -0.3 is 14.9 Å². The molecule has 0 aliphatic heterocycles. The molecule has 132 valence electrons. The Kier molecular flexibility index (Phi) is 13.7. The third-order valence-electron chi connectivity index (χ3n) is 2.20. The van der Waals surface area contributed by atoms with Crippen LogP contribution in [0.15, 0.2) is 61.2 Å². The van der Waals surface area contributed by atoms with Gasteiger partial charge in [-0.1, -0.05) is 56.1 Å². The average molecular weight is 334 g/mol. The summed E-state index contributed by atoms with van der Waals surface area (Å²) in [5.74, 6) is -1.39. The third-order valence-corrected chi connectivity index (χ3v) is 2.20. The Balaban J connectivity index is 0. The number of benzene rings is 1. The number of ether oxygens (including phenoxy) is 1. The summed E-state index contributed by atoms with van der Waals surface area (Å²) in [6, 6.07) is 10.0. The van der Waals surface area contributed by atoms with Gasteiger partial charge in [0, 0.05) is 11.1 Å². The number of aliphatic hydroxyl groups is 1. The summed E-state index contributed by atoms with van der Waals surface area (Å²) in [6.45, 7) is 14.8. The molecule has 5 nitrogen and oxygen atoms in total. The van der Waals surface area contributed by atoms with E-state index in [1.807, 2.05) is 36.4 Å². The lowest BCUT2D eigenvalue weighted by Crippen LogP contribution is -2.15. The predicted octanol–water partition coefficient (Wildman–Crippen LogP) is 3.46. The molecule has 24 heavy (non-hydrogen) atoms. The van der Waals surface area contributed by atoms with E-state index in [9.17, 15) is 9.59 Å². The summed E-state index contributed by atoms with van der Waals surface area (Å²) >= 11 is 0. The zero-order valence-corrected chi connectivity index (χ0v) is 14.5. The predicted molar refractivity (Wildman–Crippen MR) is 96.4 cm³/mol. The third kappa shape index (κ3) is 15.7. The number of carboxylic acids is 1. The molecule has 0 bridgehead atoms. The first-order valence-electron chi connectivity index (χ1n) is 7.18. The zero-order valence-electron chi connectivity index (χ0n) is 14.5. The molecule has 0 aliphatic rings. The van der Waals surface area contributed by atoms with E-state index in [4.69, 9.17) is 10.2 Å². The Morgan fingerprint density at radius 1 is 1.17 bits per heavy atom. The van der Waals surface area contributed by atoms with Gasteiger partial charge in [0.15, 0.2) is 0 Å². The first kappa shape index (κ1) is 23.6. The van der Waals surface area contributed by atoms with Gasteiger partial charge in [-0.2, -0.15) is 0 Å². The van der Waals surface area contributed by atoms with Crippen molar-refractivity contribution in [3.63, 3.8) is 0 Å². The Hall–Kier alpha value is -2.66. The maximum Gasteiger partial charge on any atom is 0.333 e. The maximum atomic E-state index is 10.6. The van der Waals surface area contributed by atoms with Crippen molar-refractivity contribution in [3.8, 4) is 0 Å². The highest BCUT2D eigenvalue weighted by Crippen LogP contribution is 1.97. The lowest BCUT2D eigenvalue weighted by Gasteiger charge is -2.04. The highest BCUT2D eigenvalue weighted by atomic mass is 16.5. The largest absolute Gasteiger partial charge is 0.478 e. The Morgan fingerprint density at radius 3 is 1.88 bits per heavy atom. The Bertz CT molecular complexity index is 532. The standard InChI is InChI=1S/C8H8.C7H12O3.C4H6O2/c1-2-8-6-4-3-5-7-8;1-5(2)7(9)10-4-6(3)8;1-3(2)4(5)6/h2-7H,1H2;6,8H,1,4H2,2-3H3;1H2,2H3,(H,5,6). The number of esters is 1. The number of carbonyl (C=O) groups is 2. The van der Waals surface area contributed by atoms with Crippen molar-refractivity contribution in [2.24, 2.45) is 0 Å². The summed E-state index contributed by atoms with van der Waals surface area (Å²) in [5.41, 5.74) is 1.70. The zero-order chi connectivity index (χ0) is 19.1. The lowest BCUT2D eigenvalue weighted by atomic mass is 10.2. The van der Waals surface area contributed by atoms with Crippen molar-refractivity contribution < 1.29 is 24.5 Å². The van der Waals surface area contributed by atoms with Gasteiger partial charge in [0.2, 0.25) is 0 Å². The van der Waals surface area contributed by atoms with Crippen LogP contribution in [0.1, 0.15) is 26.3 Å². The van der Waals surface area contributed by atoms with Gasteiger partial charge in [0.05, 0.1) is 6.10 Å². The van der Waals surface area contributed by atoms with Crippen LogP contribution in [0.25, 0.3) is 6.08 Å². The van der Waals surface area contributed by atoms with Crippen molar-refractivity contribution in [3.05, 3.63) is 66.8 Å². The summed E-state index contributed by atoms with van der Waals surface area (Å²) in [6.07, 6.45) is 1.23. The second kappa shape index (κ2) is 14.0. The molecule has 2 N–H and O–H groups in total. The molecule has 0 heterocycles. The van der Waals surface area contributed by atoms with Crippen molar-refractivity contribution >= 4 is 18.0 Å². The Morgan fingerprint density at radius 2 is 1.62 bits per heavy atom. The van der Waals surface area contributed by atoms with E-state index >= 15 is 0 Å². The second-order valence-corrected chi connectivity index (χ2v) is 4.93. The SMILES string of the molecule is C=C(C)C(=O)O.C=C(C)C(=O)OCC(C)O.C=Cc1ccccc1. The molecule has 0 aromatic heterocycles. The van der Waals surface area contributed by atoms with E-state index in [0.717, 1.165) is 0 Å². The van der Waals surface area contributed by atoms with Crippen molar-refractivity contribution in [2.75, 3.05) is 6.61 Å². The van der Waals surface area contributed by atoms with Gasteiger partial charge in [0.1, 0.15) is 6.61 Å². The average Bonchev–Trinajstić information content (AvgIpc) is 2.54. The lowest BCUT2D eigenvalue weighted by molar-refractivity contribution is -0.141. The van der Waals surface area contributed by atoms with Gasteiger partial charge >= 0.3 is 11.9 Å². The molecule has 1 aromatic carbocycles. The van der Waals surface area contributed by atoms with Crippen LogP contribution in [-0.4, -0.2) is 34.9 Å². The smallest absolute Gasteiger partial charge is 0.333 e. The molecule has 0 radical (unpaired) electrons. The molecular formula is C19H26O5. The van der Waals surface area contributed by atoms with Gasteiger partial charge in [-0.15, -0.1) is 0 Å². The number of hydrogen-bond acceptors (Lipinski definition) is 4. The molecule has 0 amide bonds. The van der Waals surface area contributed by atoms with E-state index in [1.54, 1.807) is 13.8 Å². The molecule has 0 aliphatic carbocycles.